The van der Waals surface area contributed by atoms with Crippen molar-refractivity contribution in [3.05, 3.63) is 38.9 Å². The van der Waals surface area contributed by atoms with Gasteiger partial charge >= 0.3 is 5.97 Å². The lowest BCUT2D eigenvalue weighted by molar-refractivity contribution is 0.0607. The van der Waals surface area contributed by atoms with Crippen molar-refractivity contribution in [1.82, 2.24) is 0 Å². The lowest BCUT2D eigenvalue weighted by Gasteiger charge is -2.09. The van der Waals surface area contributed by atoms with E-state index in [1.54, 1.807) is 6.07 Å². The normalized spacial score (nSPS) is 11.0. The van der Waals surface area contributed by atoms with Gasteiger partial charge in [-0.25, -0.2) is 9.18 Å². The zero-order valence-corrected chi connectivity index (χ0v) is 14.3. The van der Waals surface area contributed by atoms with Crippen LogP contribution in [0.2, 0.25) is 0 Å². The molecule has 0 atom stereocenters. The molecule has 0 aliphatic rings. The van der Waals surface area contributed by atoms with E-state index < -0.39 is 5.97 Å². The van der Waals surface area contributed by atoms with Gasteiger partial charge in [0, 0.05) is 9.35 Å². The number of thiophene rings is 1. The first-order chi connectivity index (χ1) is 9.85. The number of methoxy groups -OCH3 is 1. The van der Waals surface area contributed by atoms with E-state index >= 15 is 0 Å². The molecular weight excluding hydrogens is 357 g/mol. The molecule has 0 bridgehead atoms. The molecule has 0 aliphatic heterocycles. The summed E-state index contributed by atoms with van der Waals surface area (Å²) in [6.45, 7) is 3.97. The number of benzene rings is 1. The highest BCUT2D eigenvalue weighted by Crippen LogP contribution is 2.43. The summed E-state index contributed by atoms with van der Waals surface area (Å²) in [5.41, 5.74) is 8.05. The Morgan fingerprint density at radius 2 is 2.05 bits per heavy atom. The fourth-order valence-electron chi connectivity index (χ4n) is 2.17. The van der Waals surface area contributed by atoms with Gasteiger partial charge in [0.15, 0.2) is 0 Å². The van der Waals surface area contributed by atoms with Gasteiger partial charge in [-0.1, -0.05) is 29.8 Å². The summed E-state index contributed by atoms with van der Waals surface area (Å²) in [6.07, 6.45) is 0. The molecule has 0 fully saturated rings. The van der Waals surface area contributed by atoms with Crippen molar-refractivity contribution in [2.45, 2.75) is 19.8 Å². The van der Waals surface area contributed by atoms with Crippen LogP contribution in [0.3, 0.4) is 0 Å². The molecule has 1 aromatic heterocycles. The molecule has 112 valence electrons. The summed E-state index contributed by atoms with van der Waals surface area (Å²) in [5.74, 6) is -0.710. The van der Waals surface area contributed by atoms with Crippen LogP contribution in [-0.2, 0) is 4.74 Å². The van der Waals surface area contributed by atoms with E-state index in [1.807, 2.05) is 13.8 Å². The largest absolute Gasteiger partial charge is 0.465 e. The quantitative estimate of drug-likeness (QED) is 0.787. The number of hydrogen-bond acceptors (Lipinski definition) is 4. The number of halogens is 2. The van der Waals surface area contributed by atoms with Crippen LogP contribution in [0.5, 0.6) is 0 Å². The highest BCUT2D eigenvalue weighted by atomic mass is 79.9. The Hall–Kier alpha value is -1.40. The number of hydrogen-bond donors (Lipinski definition) is 1. The zero-order valence-electron chi connectivity index (χ0n) is 11.9. The fourth-order valence-corrected chi connectivity index (χ4v) is 3.92. The van der Waals surface area contributed by atoms with Gasteiger partial charge in [-0.15, -0.1) is 11.3 Å². The van der Waals surface area contributed by atoms with E-state index in [9.17, 15) is 9.18 Å². The van der Waals surface area contributed by atoms with Crippen LogP contribution in [0.4, 0.5) is 10.1 Å². The molecule has 0 spiro atoms. The first kappa shape index (κ1) is 16.0. The monoisotopic (exact) mass is 371 g/mol. The Balaban J connectivity index is 2.70. The van der Waals surface area contributed by atoms with Crippen molar-refractivity contribution < 1.29 is 13.9 Å². The van der Waals surface area contributed by atoms with E-state index in [4.69, 9.17) is 10.5 Å². The van der Waals surface area contributed by atoms with Crippen LogP contribution < -0.4 is 5.73 Å². The maximum Gasteiger partial charge on any atom is 0.350 e. The van der Waals surface area contributed by atoms with E-state index in [0.717, 1.165) is 10.4 Å². The average molecular weight is 372 g/mol. The molecule has 2 N–H and O–H groups in total. The first-order valence-corrected chi connectivity index (χ1v) is 7.93. The summed E-state index contributed by atoms with van der Waals surface area (Å²) in [4.78, 5) is 13.0. The molecule has 1 aromatic carbocycles. The molecule has 3 nitrogen and oxygen atoms in total. The predicted molar refractivity (Wildman–Crippen MR) is 87.3 cm³/mol. The standard InChI is InChI=1S/C15H15BrFNO2S/c1-7(2)11-12(18)14(15(19)20-3)21-13(11)8-4-9(16)6-10(17)5-8/h4-7H,18H2,1-3H3. The molecule has 2 rings (SSSR count). The number of esters is 1. The number of carbonyl (C=O) groups excluding carboxylic acids is 1. The molecule has 0 saturated heterocycles. The maximum atomic E-state index is 13.6. The van der Waals surface area contributed by atoms with Crippen LogP contribution in [0.1, 0.15) is 35.0 Å². The SMILES string of the molecule is COC(=O)c1sc(-c2cc(F)cc(Br)c2)c(C(C)C)c1N. The Labute approximate surface area is 135 Å². The van der Waals surface area contributed by atoms with Gasteiger partial charge in [-0.05, 0) is 35.2 Å². The Morgan fingerprint density at radius 3 is 2.57 bits per heavy atom. The third-order valence-corrected chi connectivity index (χ3v) is 4.76. The third-order valence-electron chi connectivity index (χ3n) is 3.06. The van der Waals surface area contributed by atoms with Gasteiger partial charge in [-0.2, -0.15) is 0 Å². The average Bonchev–Trinajstić information content (AvgIpc) is 2.74. The summed E-state index contributed by atoms with van der Waals surface area (Å²) < 4.78 is 19.0. The molecule has 0 aliphatic carbocycles. The van der Waals surface area contributed by atoms with Crippen LogP contribution in [0.25, 0.3) is 10.4 Å². The fraction of sp³-hybridized carbons (Fsp3) is 0.267. The van der Waals surface area contributed by atoms with Crippen LogP contribution >= 0.6 is 27.3 Å². The van der Waals surface area contributed by atoms with Crippen molar-refractivity contribution >= 4 is 38.9 Å². The minimum absolute atomic E-state index is 0.108. The van der Waals surface area contributed by atoms with Gasteiger partial charge in [-0.3, -0.25) is 0 Å². The smallest absolute Gasteiger partial charge is 0.350 e. The molecule has 21 heavy (non-hydrogen) atoms. The van der Waals surface area contributed by atoms with Crippen LogP contribution in [0, 0.1) is 5.82 Å². The van der Waals surface area contributed by atoms with Crippen LogP contribution in [0.15, 0.2) is 22.7 Å². The second kappa shape index (κ2) is 6.15. The van der Waals surface area contributed by atoms with Crippen molar-refractivity contribution in [1.29, 1.82) is 0 Å². The topological polar surface area (TPSA) is 52.3 Å². The number of carbonyl (C=O) groups is 1. The van der Waals surface area contributed by atoms with Crippen molar-refractivity contribution in [2.24, 2.45) is 0 Å². The van der Waals surface area contributed by atoms with Crippen molar-refractivity contribution in [3.63, 3.8) is 0 Å². The minimum Gasteiger partial charge on any atom is -0.465 e. The maximum absolute atomic E-state index is 13.6. The van der Waals surface area contributed by atoms with E-state index in [-0.39, 0.29) is 11.7 Å². The summed E-state index contributed by atoms with van der Waals surface area (Å²) in [6, 6.07) is 4.63. The van der Waals surface area contributed by atoms with Crippen molar-refractivity contribution in [3.8, 4) is 10.4 Å². The highest BCUT2D eigenvalue weighted by Gasteiger charge is 2.24. The molecule has 0 radical (unpaired) electrons. The summed E-state index contributed by atoms with van der Waals surface area (Å²) >= 11 is 4.51. The number of rotatable bonds is 3. The lowest BCUT2D eigenvalue weighted by Crippen LogP contribution is -2.03. The van der Waals surface area contributed by atoms with Crippen molar-refractivity contribution in [2.75, 3.05) is 12.8 Å². The predicted octanol–water partition coefficient (Wildman–Crippen LogP) is 4.81. The Bertz CT molecular complexity index is 677. The number of anilines is 1. The summed E-state index contributed by atoms with van der Waals surface area (Å²) in [7, 11) is 1.31. The number of ether oxygens (including phenoxy) is 1. The lowest BCUT2D eigenvalue weighted by atomic mass is 9.98. The van der Waals surface area contributed by atoms with Gasteiger partial charge in [0.1, 0.15) is 10.7 Å². The highest BCUT2D eigenvalue weighted by molar-refractivity contribution is 9.10. The molecular formula is C15H15BrFNO2S. The van der Waals surface area contributed by atoms with E-state index in [0.29, 0.717) is 20.6 Å². The second-order valence-electron chi connectivity index (χ2n) is 4.89. The Kier molecular flexibility index (Phi) is 4.68. The molecule has 0 saturated carbocycles. The minimum atomic E-state index is -0.471. The van der Waals surface area contributed by atoms with Crippen LogP contribution in [-0.4, -0.2) is 13.1 Å². The third kappa shape index (κ3) is 3.11. The molecule has 0 amide bonds. The van der Waals surface area contributed by atoms with Gasteiger partial charge in [0.25, 0.3) is 0 Å². The molecule has 1 heterocycles. The summed E-state index contributed by atoms with van der Waals surface area (Å²) in [5, 5.41) is 0. The first-order valence-electron chi connectivity index (χ1n) is 6.32. The van der Waals surface area contributed by atoms with Gasteiger partial charge in [0.05, 0.1) is 12.8 Å². The zero-order chi connectivity index (χ0) is 15.7. The van der Waals surface area contributed by atoms with E-state index in [2.05, 4.69) is 15.9 Å². The number of nitrogen functional groups attached to an aromatic ring is 1. The van der Waals surface area contributed by atoms with Gasteiger partial charge in [0.2, 0.25) is 0 Å². The second-order valence-corrected chi connectivity index (χ2v) is 6.83. The Morgan fingerprint density at radius 1 is 1.38 bits per heavy atom. The molecule has 6 heteroatoms. The number of nitrogens with two attached hydrogens (primary N) is 1. The molecule has 0 unspecified atom stereocenters. The van der Waals surface area contributed by atoms with Gasteiger partial charge < -0.3 is 10.5 Å². The van der Waals surface area contributed by atoms with E-state index in [1.165, 1.54) is 30.6 Å². The molecule has 2 aromatic rings.